The number of alkyl halides is 2. The van der Waals surface area contributed by atoms with Gasteiger partial charge in [0.25, 0.3) is 5.76 Å². The predicted molar refractivity (Wildman–Crippen MR) is 84.4 cm³/mol. The molecule has 0 bridgehead atoms. The van der Waals surface area contributed by atoms with Crippen molar-refractivity contribution in [3.8, 4) is 0 Å². The van der Waals surface area contributed by atoms with Crippen LogP contribution in [0.5, 0.6) is 0 Å². The molecule has 21 heavy (non-hydrogen) atoms. The van der Waals surface area contributed by atoms with Gasteiger partial charge in [0.05, 0.1) is 4.47 Å². The van der Waals surface area contributed by atoms with Gasteiger partial charge in [-0.1, -0.05) is 30.0 Å². The van der Waals surface area contributed by atoms with Gasteiger partial charge in [0.1, 0.15) is 5.82 Å². The first kappa shape index (κ1) is 16.2. The van der Waals surface area contributed by atoms with E-state index in [1.807, 2.05) is 6.92 Å². The Hall–Kier alpha value is -1.14. The average molecular weight is 376 g/mol. The molecule has 0 spiro atoms. The van der Waals surface area contributed by atoms with Crippen LogP contribution in [-0.2, 0) is 0 Å². The normalized spacial score (nSPS) is 12.5. The maximum atomic E-state index is 13.2. The number of hydrogen-bond donors (Lipinski definition) is 1. The van der Waals surface area contributed by atoms with Crippen molar-refractivity contribution >= 4 is 33.4 Å². The van der Waals surface area contributed by atoms with E-state index in [2.05, 4.69) is 21.2 Å². The highest BCUT2D eigenvalue weighted by molar-refractivity contribution is 9.10. The lowest BCUT2D eigenvalue weighted by molar-refractivity contribution is 0.252. The number of rotatable bonds is 5. The largest absolute Gasteiger partial charge is 0.378 e. The smallest absolute Gasteiger partial charge is 0.288 e. The molecule has 0 aliphatic carbocycles. The lowest BCUT2D eigenvalue weighted by Crippen LogP contribution is -2.07. The fourth-order valence-electron chi connectivity index (χ4n) is 1.88. The quantitative estimate of drug-likeness (QED) is 0.635. The molecule has 1 atom stereocenters. The number of para-hydroxylation sites is 1. The summed E-state index contributed by atoms with van der Waals surface area (Å²) in [4.78, 5) is 0.487. The Morgan fingerprint density at radius 3 is 2.52 bits per heavy atom. The minimum Gasteiger partial charge on any atom is -0.378 e. The molecule has 0 heterocycles. The van der Waals surface area contributed by atoms with Crippen molar-refractivity contribution in [1.29, 1.82) is 0 Å². The van der Waals surface area contributed by atoms with Crippen LogP contribution in [0.3, 0.4) is 0 Å². The second kappa shape index (κ2) is 7.22. The van der Waals surface area contributed by atoms with Crippen LogP contribution < -0.4 is 5.32 Å². The Morgan fingerprint density at radius 2 is 1.86 bits per heavy atom. The summed E-state index contributed by atoms with van der Waals surface area (Å²) in [7, 11) is 0. The van der Waals surface area contributed by atoms with E-state index in [-0.39, 0.29) is 11.9 Å². The number of anilines is 1. The number of thioether (sulfide) groups is 1. The van der Waals surface area contributed by atoms with E-state index in [4.69, 9.17) is 0 Å². The van der Waals surface area contributed by atoms with Crippen molar-refractivity contribution in [3.05, 3.63) is 58.3 Å². The zero-order valence-corrected chi connectivity index (χ0v) is 13.5. The lowest BCUT2D eigenvalue weighted by atomic mass is 10.1. The Balaban J connectivity index is 2.19. The maximum absolute atomic E-state index is 13.2. The van der Waals surface area contributed by atoms with Gasteiger partial charge in [-0.25, -0.2) is 4.39 Å². The topological polar surface area (TPSA) is 12.0 Å². The third-order valence-electron chi connectivity index (χ3n) is 2.92. The molecule has 2 aromatic carbocycles. The molecule has 0 aliphatic rings. The van der Waals surface area contributed by atoms with Crippen LogP contribution in [0.15, 0.2) is 51.8 Å². The molecule has 0 amide bonds. The molecule has 0 fully saturated rings. The molecule has 112 valence electrons. The first-order chi connectivity index (χ1) is 9.97. The molecule has 2 rings (SSSR count). The number of nitrogens with one attached hydrogen (secondary N) is 1. The predicted octanol–water partition coefficient (Wildman–Crippen LogP) is 6.08. The average Bonchev–Trinajstić information content (AvgIpc) is 2.43. The molecule has 1 N–H and O–H groups in total. The minimum absolute atomic E-state index is 0.138. The summed E-state index contributed by atoms with van der Waals surface area (Å²) in [5.74, 6) is -2.80. The van der Waals surface area contributed by atoms with Crippen molar-refractivity contribution in [3.63, 3.8) is 0 Å². The fraction of sp³-hybridized carbons (Fsp3) is 0.200. The zero-order valence-electron chi connectivity index (χ0n) is 11.1. The van der Waals surface area contributed by atoms with Gasteiger partial charge in [-0.05, 0) is 52.7 Å². The third kappa shape index (κ3) is 4.41. The van der Waals surface area contributed by atoms with Crippen LogP contribution in [0.25, 0.3) is 0 Å². The highest BCUT2D eigenvalue weighted by atomic mass is 79.9. The summed E-state index contributed by atoms with van der Waals surface area (Å²) < 4.78 is 38.7. The van der Waals surface area contributed by atoms with Gasteiger partial charge >= 0.3 is 0 Å². The van der Waals surface area contributed by atoms with Gasteiger partial charge in [-0.2, -0.15) is 8.78 Å². The fourth-order valence-corrected chi connectivity index (χ4v) is 2.88. The SMILES string of the molecule is CC(Nc1ccccc1SC(F)F)c1ccc(F)c(Br)c1. The van der Waals surface area contributed by atoms with E-state index in [1.165, 1.54) is 6.07 Å². The minimum atomic E-state index is -2.47. The summed E-state index contributed by atoms with van der Waals surface area (Å²) >= 11 is 3.64. The van der Waals surface area contributed by atoms with Crippen LogP contribution in [0.2, 0.25) is 0 Å². The molecule has 1 unspecified atom stereocenters. The van der Waals surface area contributed by atoms with Crippen molar-refractivity contribution in [2.75, 3.05) is 5.32 Å². The Kier molecular flexibility index (Phi) is 5.58. The number of halogens is 4. The van der Waals surface area contributed by atoms with Crippen molar-refractivity contribution in [2.45, 2.75) is 23.6 Å². The van der Waals surface area contributed by atoms with Crippen LogP contribution >= 0.6 is 27.7 Å². The van der Waals surface area contributed by atoms with Crippen LogP contribution in [0, 0.1) is 5.82 Å². The van der Waals surface area contributed by atoms with Gasteiger partial charge in [0.2, 0.25) is 0 Å². The van der Waals surface area contributed by atoms with Crippen molar-refractivity contribution in [1.82, 2.24) is 0 Å². The van der Waals surface area contributed by atoms with E-state index in [1.54, 1.807) is 36.4 Å². The third-order valence-corrected chi connectivity index (χ3v) is 4.31. The Bertz CT molecular complexity index is 622. The van der Waals surface area contributed by atoms with Crippen LogP contribution in [-0.4, -0.2) is 5.76 Å². The Morgan fingerprint density at radius 1 is 1.14 bits per heavy atom. The molecule has 6 heteroatoms. The first-order valence-corrected chi connectivity index (χ1v) is 7.90. The zero-order chi connectivity index (χ0) is 15.4. The lowest BCUT2D eigenvalue weighted by Gasteiger charge is -2.18. The van der Waals surface area contributed by atoms with Crippen molar-refractivity contribution in [2.24, 2.45) is 0 Å². The second-order valence-electron chi connectivity index (χ2n) is 4.41. The summed E-state index contributed by atoms with van der Waals surface area (Å²) in [6.07, 6.45) is 0. The van der Waals surface area contributed by atoms with E-state index < -0.39 is 5.76 Å². The molecule has 0 radical (unpaired) electrons. The first-order valence-electron chi connectivity index (χ1n) is 6.22. The standard InChI is InChI=1S/C15H13BrF3NS/c1-9(10-6-7-12(17)11(16)8-10)20-13-4-2-3-5-14(13)21-15(18)19/h2-9,15,20H,1H3. The monoisotopic (exact) mass is 375 g/mol. The number of benzene rings is 2. The van der Waals surface area contributed by atoms with Crippen molar-refractivity contribution < 1.29 is 13.2 Å². The molecular weight excluding hydrogens is 363 g/mol. The summed E-state index contributed by atoms with van der Waals surface area (Å²) in [6.45, 7) is 1.89. The molecule has 2 aromatic rings. The van der Waals surface area contributed by atoms with E-state index in [0.29, 0.717) is 26.8 Å². The highest BCUT2D eigenvalue weighted by Crippen LogP contribution is 2.33. The molecule has 0 saturated carbocycles. The van der Waals surface area contributed by atoms with Gasteiger partial charge in [-0.3, -0.25) is 0 Å². The van der Waals surface area contributed by atoms with Gasteiger partial charge in [0.15, 0.2) is 0 Å². The molecule has 0 saturated heterocycles. The Labute approximate surface area is 134 Å². The second-order valence-corrected chi connectivity index (χ2v) is 6.30. The number of hydrogen-bond acceptors (Lipinski definition) is 2. The van der Waals surface area contributed by atoms with E-state index >= 15 is 0 Å². The van der Waals surface area contributed by atoms with E-state index in [9.17, 15) is 13.2 Å². The van der Waals surface area contributed by atoms with Gasteiger partial charge in [0, 0.05) is 16.6 Å². The highest BCUT2D eigenvalue weighted by Gasteiger charge is 2.13. The molecule has 0 aliphatic heterocycles. The van der Waals surface area contributed by atoms with Gasteiger partial charge in [-0.15, -0.1) is 0 Å². The maximum Gasteiger partial charge on any atom is 0.288 e. The summed E-state index contributed by atoms with van der Waals surface area (Å²) in [6, 6.07) is 11.5. The molecule has 0 aromatic heterocycles. The van der Waals surface area contributed by atoms with E-state index in [0.717, 1.165) is 5.56 Å². The van der Waals surface area contributed by atoms with Crippen LogP contribution in [0.1, 0.15) is 18.5 Å². The molecule has 1 nitrogen and oxygen atoms in total. The molecular formula is C15H13BrF3NS. The van der Waals surface area contributed by atoms with Crippen LogP contribution in [0.4, 0.5) is 18.9 Å². The summed E-state index contributed by atoms with van der Waals surface area (Å²) in [5, 5.41) is 3.18. The van der Waals surface area contributed by atoms with Gasteiger partial charge < -0.3 is 5.32 Å². The summed E-state index contributed by atoms with van der Waals surface area (Å²) in [5.41, 5.74) is 1.50.